The van der Waals surface area contributed by atoms with Crippen molar-refractivity contribution in [2.24, 2.45) is 0 Å². The Balaban J connectivity index is 1.59. The second-order valence-corrected chi connectivity index (χ2v) is 10.3. The molecule has 1 N–H and O–H groups in total. The number of fused-ring (bicyclic) bond motifs is 3. The Bertz CT molecular complexity index is 1950. The van der Waals surface area contributed by atoms with Crippen molar-refractivity contribution in [3.05, 3.63) is 134 Å². The third-order valence-electron chi connectivity index (χ3n) is 6.20. The van der Waals surface area contributed by atoms with Gasteiger partial charge in [0, 0.05) is 21.4 Å². The van der Waals surface area contributed by atoms with Gasteiger partial charge in [0.1, 0.15) is 21.8 Å². The third kappa shape index (κ3) is 4.90. The molecule has 0 aliphatic heterocycles. The number of hydrogen-bond donors (Lipinski definition) is 1. The van der Waals surface area contributed by atoms with Crippen LogP contribution in [0.4, 0.5) is 0 Å². The molecule has 0 radical (unpaired) electrons. The van der Waals surface area contributed by atoms with Crippen LogP contribution in [0.1, 0.15) is 5.56 Å². The first kappa shape index (κ1) is 24.9. The highest BCUT2D eigenvalue weighted by atomic mass is 35.5. The first-order valence-electron chi connectivity index (χ1n) is 12.0. The van der Waals surface area contributed by atoms with Crippen molar-refractivity contribution in [2.75, 3.05) is 0 Å². The number of hydrogen-bond acceptors (Lipinski definition) is 6. The minimum atomic E-state index is -0.754. The highest BCUT2D eigenvalue weighted by molar-refractivity contribution is 7.99. The fourth-order valence-corrected chi connectivity index (χ4v) is 5.56. The standard InChI is InChI=1S/C31H20ClNO5S/c32-20-10-7-13-23(16-20)39-29-27(34)26-28(38-31(29)36)24-15-14-22(37-21-11-5-2-6-12-21)17-25(24)33(30(26)35)18-19-8-3-1-4-9-19/h1-17,34H,18H2. The summed E-state index contributed by atoms with van der Waals surface area (Å²) in [5, 5.41) is 12.2. The Kier molecular flexibility index (Phi) is 6.60. The zero-order valence-electron chi connectivity index (χ0n) is 20.3. The molecule has 0 unspecified atom stereocenters. The van der Waals surface area contributed by atoms with Gasteiger partial charge in [0.15, 0.2) is 11.3 Å². The number of halogens is 1. The number of rotatable bonds is 6. The van der Waals surface area contributed by atoms with Gasteiger partial charge in [-0.1, -0.05) is 78.0 Å². The van der Waals surface area contributed by atoms with Crippen molar-refractivity contribution < 1.29 is 14.3 Å². The molecule has 4 aromatic carbocycles. The van der Waals surface area contributed by atoms with E-state index in [-0.39, 0.29) is 22.4 Å². The fourth-order valence-electron chi connectivity index (χ4n) is 4.42. The lowest BCUT2D eigenvalue weighted by atomic mass is 10.1. The zero-order chi connectivity index (χ0) is 26.9. The summed E-state index contributed by atoms with van der Waals surface area (Å²) >= 11 is 7.09. The van der Waals surface area contributed by atoms with Crippen LogP contribution in [0.3, 0.4) is 0 Å². The first-order chi connectivity index (χ1) is 19.0. The Morgan fingerprint density at radius 1 is 0.846 bits per heavy atom. The SMILES string of the molecule is O=c1oc2c(c(O)c1Sc1cccc(Cl)c1)c(=O)n(Cc1ccccc1)c1cc(Oc3ccccc3)ccc21. The number of nitrogens with zero attached hydrogens (tertiary/aromatic N) is 1. The molecule has 2 aromatic heterocycles. The van der Waals surface area contributed by atoms with E-state index >= 15 is 0 Å². The van der Waals surface area contributed by atoms with Crippen LogP contribution >= 0.6 is 23.4 Å². The second-order valence-electron chi connectivity index (χ2n) is 8.80. The Labute approximate surface area is 231 Å². The minimum Gasteiger partial charge on any atom is -0.505 e. The molecule has 0 saturated carbocycles. The number of para-hydroxylation sites is 1. The smallest absolute Gasteiger partial charge is 0.354 e. The molecule has 0 fully saturated rings. The molecule has 0 saturated heterocycles. The third-order valence-corrected chi connectivity index (χ3v) is 7.49. The number of aromatic nitrogens is 1. The number of pyridine rings is 1. The van der Waals surface area contributed by atoms with Gasteiger partial charge in [-0.25, -0.2) is 4.79 Å². The summed E-state index contributed by atoms with van der Waals surface area (Å²) in [5.74, 6) is 0.722. The molecule has 39 heavy (non-hydrogen) atoms. The van der Waals surface area contributed by atoms with Crippen molar-refractivity contribution >= 4 is 45.2 Å². The highest BCUT2D eigenvalue weighted by Gasteiger charge is 2.23. The Morgan fingerprint density at radius 2 is 1.59 bits per heavy atom. The van der Waals surface area contributed by atoms with Gasteiger partial charge in [-0.05, 0) is 48.0 Å². The van der Waals surface area contributed by atoms with E-state index in [9.17, 15) is 14.7 Å². The van der Waals surface area contributed by atoms with Crippen LogP contribution in [0.5, 0.6) is 17.2 Å². The van der Waals surface area contributed by atoms with Crippen LogP contribution in [-0.4, -0.2) is 9.67 Å². The predicted octanol–water partition coefficient (Wildman–Crippen LogP) is 7.46. The molecule has 6 rings (SSSR count). The minimum absolute atomic E-state index is 0.0171. The molecule has 8 heteroatoms. The van der Waals surface area contributed by atoms with Crippen molar-refractivity contribution in [2.45, 2.75) is 16.3 Å². The van der Waals surface area contributed by atoms with Gasteiger partial charge in [0.25, 0.3) is 5.56 Å². The van der Waals surface area contributed by atoms with Gasteiger partial charge in [-0.15, -0.1) is 0 Å². The quantitative estimate of drug-likeness (QED) is 0.216. The number of aromatic hydroxyl groups is 1. The molecule has 192 valence electrons. The van der Waals surface area contributed by atoms with E-state index < -0.39 is 16.9 Å². The molecule has 0 atom stereocenters. The Morgan fingerprint density at radius 3 is 2.33 bits per heavy atom. The van der Waals surface area contributed by atoms with Gasteiger partial charge < -0.3 is 18.8 Å². The molecule has 6 nitrogen and oxygen atoms in total. The van der Waals surface area contributed by atoms with E-state index in [1.807, 2.05) is 60.7 Å². The van der Waals surface area contributed by atoms with Gasteiger partial charge >= 0.3 is 5.63 Å². The summed E-state index contributed by atoms with van der Waals surface area (Å²) in [6.07, 6.45) is 0. The molecule has 0 amide bonds. The molecular weight excluding hydrogens is 534 g/mol. The monoisotopic (exact) mass is 553 g/mol. The second kappa shape index (κ2) is 10.4. The number of ether oxygens (including phenoxy) is 1. The topological polar surface area (TPSA) is 81.7 Å². The average Bonchev–Trinajstić information content (AvgIpc) is 2.94. The van der Waals surface area contributed by atoms with E-state index in [1.165, 1.54) is 0 Å². The first-order valence-corrected chi connectivity index (χ1v) is 13.2. The molecule has 0 bridgehead atoms. The van der Waals surface area contributed by atoms with Crippen LogP contribution in [0.2, 0.25) is 5.02 Å². The molecular formula is C31H20ClNO5S. The van der Waals surface area contributed by atoms with E-state index in [0.717, 1.165) is 17.3 Å². The molecule has 0 aliphatic rings. The molecule has 2 heterocycles. The lowest BCUT2D eigenvalue weighted by molar-refractivity contribution is 0.446. The lowest BCUT2D eigenvalue weighted by Gasteiger charge is -2.15. The lowest BCUT2D eigenvalue weighted by Crippen LogP contribution is -2.23. The maximum Gasteiger partial charge on any atom is 0.354 e. The largest absolute Gasteiger partial charge is 0.505 e. The molecule has 0 spiro atoms. The van der Waals surface area contributed by atoms with Crippen molar-refractivity contribution in [1.82, 2.24) is 4.57 Å². The van der Waals surface area contributed by atoms with Crippen LogP contribution in [0.15, 0.2) is 127 Å². The Hall–Kier alpha value is -4.46. The summed E-state index contributed by atoms with van der Waals surface area (Å²) in [6.45, 7) is 0.232. The van der Waals surface area contributed by atoms with Gasteiger partial charge in [-0.3, -0.25) is 4.79 Å². The van der Waals surface area contributed by atoms with E-state index in [0.29, 0.717) is 32.3 Å². The summed E-state index contributed by atoms with van der Waals surface area (Å²) in [5.41, 5.74) is 0.162. The van der Waals surface area contributed by atoms with Gasteiger partial charge in [0.05, 0.1) is 12.1 Å². The summed E-state index contributed by atoms with van der Waals surface area (Å²) < 4.78 is 13.3. The zero-order valence-corrected chi connectivity index (χ0v) is 21.9. The molecule has 0 aliphatic carbocycles. The van der Waals surface area contributed by atoms with Crippen molar-refractivity contribution in [3.8, 4) is 17.2 Å². The van der Waals surface area contributed by atoms with Gasteiger partial charge in [0.2, 0.25) is 0 Å². The predicted molar refractivity (Wildman–Crippen MR) is 154 cm³/mol. The summed E-state index contributed by atoms with van der Waals surface area (Å²) in [7, 11) is 0. The summed E-state index contributed by atoms with van der Waals surface area (Å²) in [4.78, 5) is 27.6. The summed E-state index contributed by atoms with van der Waals surface area (Å²) in [6, 6.07) is 30.9. The van der Waals surface area contributed by atoms with E-state index in [2.05, 4.69) is 0 Å². The highest BCUT2D eigenvalue weighted by Crippen LogP contribution is 2.38. The van der Waals surface area contributed by atoms with Gasteiger partial charge in [-0.2, -0.15) is 0 Å². The normalized spacial score (nSPS) is 11.2. The average molecular weight is 554 g/mol. The van der Waals surface area contributed by atoms with Crippen molar-refractivity contribution in [1.29, 1.82) is 0 Å². The van der Waals surface area contributed by atoms with Crippen LogP contribution in [-0.2, 0) is 6.54 Å². The van der Waals surface area contributed by atoms with E-state index in [4.69, 9.17) is 20.8 Å². The maximum absolute atomic E-state index is 14.0. The number of benzene rings is 4. The van der Waals surface area contributed by atoms with Crippen LogP contribution in [0.25, 0.3) is 21.9 Å². The van der Waals surface area contributed by atoms with Crippen molar-refractivity contribution in [3.63, 3.8) is 0 Å². The van der Waals surface area contributed by atoms with Crippen LogP contribution in [0, 0.1) is 0 Å². The van der Waals surface area contributed by atoms with Crippen LogP contribution < -0.4 is 15.9 Å². The fraction of sp³-hybridized carbons (Fsp3) is 0.0323. The molecule has 6 aromatic rings. The van der Waals surface area contributed by atoms with E-state index in [1.54, 1.807) is 47.0 Å². The maximum atomic E-state index is 14.0.